The van der Waals surface area contributed by atoms with E-state index in [0.29, 0.717) is 0 Å². The van der Waals surface area contributed by atoms with Gasteiger partial charge in [-0.2, -0.15) is 0 Å². The highest BCUT2D eigenvalue weighted by Crippen LogP contribution is 2.34. The van der Waals surface area contributed by atoms with Crippen molar-refractivity contribution in [2.24, 2.45) is 0 Å². The van der Waals surface area contributed by atoms with Gasteiger partial charge in [0.1, 0.15) is 22.0 Å². The highest BCUT2D eigenvalue weighted by molar-refractivity contribution is 8.00. The topological polar surface area (TPSA) is 42.9 Å². The van der Waals surface area contributed by atoms with E-state index in [9.17, 15) is 9.18 Å². The van der Waals surface area contributed by atoms with Gasteiger partial charge >= 0.3 is 0 Å². The number of aryl methyl sites for hydroxylation is 2. The number of Topliss-reactive ketones (excluding diaryl/α,β-unsaturated/α-hetero) is 1. The number of carbonyl (C=O) groups is 1. The first-order valence-electron chi connectivity index (χ1n) is 6.69. The molecule has 0 aliphatic carbocycles. The van der Waals surface area contributed by atoms with E-state index in [0.717, 1.165) is 20.8 Å². The molecule has 3 rings (SSSR count). The minimum atomic E-state index is -0.483. The lowest BCUT2D eigenvalue weighted by molar-refractivity contribution is 0.101. The summed E-state index contributed by atoms with van der Waals surface area (Å²) in [6.07, 6.45) is 1.51. The van der Waals surface area contributed by atoms with Gasteiger partial charge in [0.2, 0.25) is 0 Å². The molecular formula is C16H13FN2OS2. The average Bonchev–Trinajstić information content (AvgIpc) is 2.81. The zero-order valence-electron chi connectivity index (χ0n) is 12.1. The smallest absolute Gasteiger partial charge is 0.176 e. The summed E-state index contributed by atoms with van der Waals surface area (Å²) in [6, 6.07) is 6.04. The number of hydrogen-bond acceptors (Lipinski definition) is 5. The first kappa shape index (κ1) is 15.1. The van der Waals surface area contributed by atoms with Crippen molar-refractivity contribution in [3.8, 4) is 0 Å². The van der Waals surface area contributed by atoms with E-state index in [2.05, 4.69) is 9.97 Å². The lowest BCUT2D eigenvalue weighted by atomic mass is 10.1. The number of ketones is 1. The van der Waals surface area contributed by atoms with Crippen molar-refractivity contribution in [3.05, 3.63) is 52.4 Å². The fourth-order valence-corrected chi connectivity index (χ4v) is 4.16. The molecule has 0 N–H and O–H groups in total. The van der Waals surface area contributed by atoms with Crippen LogP contribution in [0.1, 0.15) is 20.8 Å². The molecule has 0 amide bonds. The molecule has 0 unspecified atom stereocenters. The Morgan fingerprint density at radius 2 is 2.05 bits per heavy atom. The SMILES string of the molecule is Cc1sc2ncnc(SCC(=O)c3ccccc3F)c2c1C. The molecule has 6 heteroatoms. The Hall–Kier alpha value is -1.79. The van der Waals surface area contributed by atoms with Gasteiger partial charge < -0.3 is 0 Å². The van der Waals surface area contributed by atoms with Crippen LogP contribution in [-0.2, 0) is 0 Å². The van der Waals surface area contributed by atoms with E-state index in [-0.39, 0.29) is 17.1 Å². The number of nitrogens with zero attached hydrogens (tertiary/aromatic N) is 2. The van der Waals surface area contributed by atoms with Crippen LogP contribution in [0.2, 0.25) is 0 Å². The lowest BCUT2D eigenvalue weighted by Crippen LogP contribution is -2.05. The molecule has 0 fully saturated rings. The van der Waals surface area contributed by atoms with E-state index in [1.807, 2.05) is 13.8 Å². The van der Waals surface area contributed by atoms with Gasteiger partial charge in [-0.25, -0.2) is 14.4 Å². The molecular weight excluding hydrogens is 319 g/mol. The van der Waals surface area contributed by atoms with Crippen LogP contribution in [0.5, 0.6) is 0 Å². The van der Waals surface area contributed by atoms with Crippen molar-refractivity contribution in [1.82, 2.24) is 9.97 Å². The molecule has 0 bridgehead atoms. The van der Waals surface area contributed by atoms with E-state index in [1.165, 1.54) is 35.1 Å². The summed E-state index contributed by atoms with van der Waals surface area (Å²) in [5.74, 6) is -0.565. The van der Waals surface area contributed by atoms with Crippen molar-refractivity contribution in [2.45, 2.75) is 18.9 Å². The van der Waals surface area contributed by atoms with Crippen LogP contribution in [-0.4, -0.2) is 21.5 Å². The average molecular weight is 332 g/mol. The number of hydrogen-bond donors (Lipinski definition) is 0. The van der Waals surface area contributed by atoms with E-state index >= 15 is 0 Å². The maximum Gasteiger partial charge on any atom is 0.176 e. The fraction of sp³-hybridized carbons (Fsp3) is 0.188. The van der Waals surface area contributed by atoms with E-state index < -0.39 is 5.82 Å². The Morgan fingerprint density at radius 1 is 1.27 bits per heavy atom. The van der Waals surface area contributed by atoms with Crippen LogP contribution in [0.4, 0.5) is 4.39 Å². The molecule has 2 aromatic heterocycles. The maximum absolute atomic E-state index is 13.6. The van der Waals surface area contributed by atoms with Gasteiger partial charge in [0, 0.05) is 10.3 Å². The Kier molecular flexibility index (Phi) is 4.22. The number of thioether (sulfide) groups is 1. The number of halogens is 1. The standard InChI is InChI=1S/C16H13FN2OS2/c1-9-10(2)22-16-14(9)15(18-8-19-16)21-7-13(20)11-5-3-4-6-12(11)17/h3-6,8H,7H2,1-2H3. The van der Waals surface area contributed by atoms with Crippen LogP contribution in [0.15, 0.2) is 35.6 Å². The van der Waals surface area contributed by atoms with Gasteiger partial charge in [-0.1, -0.05) is 23.9 Å². The summed E-state index contributed by atoms with van der Waals surface area (Å²) < 4.78 is 13.6. The molecule has 0 aliphatic rings. The number of fused-ring (bicyclic) bond motifs is 1. The zero-order chi connectivity index (χ0) is 15.7. The maximum atomic E-state index is 13.6. The summed E-state index contributed by atoms with van der Waals surface area (Å²) in [4.78, 5) is 22.8. The quantitative estimate of drug-likeness (QED) is 0.403. The number of carbonyl (C=O) groups excluding carboxylic acids is 1. The number of thiophene rings is 1. The van der Waals surface area contributed by atoms with Crippen LogP contribution in [0.25, 0.3) is 10.2 Å². The second kappa shape index (κ2) is 6.14. The molecule has 22 heavy (non-hydrogen) atoms. The molecule has 0 atom stereocenters. The molecule has 0 spiro atoms. The van der Waals surface area contributed by atoms with Gasteiger partial charge in [0.05, 0.1) is 11.3 Å². The predicted octanol–water partition coefficient (Wildman–Crippen LogP) is 4.42. The zero-order valence-corrected chi connectivity index (χ0v) is 13.7. The van der Waals surface area contributed by atoms with Crippen molar-refractivity contribution in [3.63, 3.8) is 0 Å². The van der Waals surface area contributed by atoms with Gasteiger partial charge in [0.15, 0.2) is 5.78 Å². The predicted molar refractivity (Wildman–Crippen MR) is 88.3 cm³/mol. The third-order valence-electron chi connectivity index (χ3n) is 3.44. The third kappa shape index (κ3) is 2.76. The summed E-state index contributed by atoms with van der Waals surface area (Å²) in [5, 5.41) is 1.77. The number of aromatic nitrogens is 2. The van der Waals surface area contributed by atoms with Crippen LogP contribution < -0.4 is 0 Å². The first-order valence-corrected chi connectivity index (χ1v) is 8.49. The van der Waals surface area contributed by atoms with Gasteiger partial charge in [-0.05, 0) is 31.5 Å². The highest BCUT2D eigenvalue weighted by atomic mass is 32.2. The number of rotatable bonds is 4. The van der Waals surface area contributed by atoms with Gasteiger partial charge in [-0.15, -0.1) is 11.3 Å². The van der Waals surface area contributed by atoms with E-state index in [1.54, 1.807) is 23.5 Å². The monoisotopic (exact) mass is 332 g/mol. The van der Waals surface area contributed by atoms with Crippen LogP contribution in [0, 0.1) is 19.7 Å². The minimum absolute atomic E-state index is 0.124. The minimum Gasteiger partial charge on any atom is -0.293 e. The molecule has 0 saturated carbocycles. The Balaban J connectivity index is 1.86. The fourth-order valence-electron chi connectivity index (χ4n) is 2.16. The Labute approximate surface area is 135 Å². The number of benzene rings is 1. The van der Waals surface area contributed by atoms with E-state index in [4.69, 9.17) is 0 Å². The largest absolute Gasteiger partial charge is 0.293 e. The summed E-state index contributed by atoms with van der Waals surface area (Å²) in [5.41, 5.74) is 1.26. The first-order chi connectivity index (χ1) is 10.6. The summed E-state index contributed by atoms with van der Waals surface area (Å²) in [6.45, 7) is 4.07. The molecule has 0 aliphatic heterocycles. The second-order valence-electron chi connectivity index (χ2n) is 4.83. The Morgan fingerprint density at radius 3 is 2.82 bits per heavy atom. The molecule has 0 saturated heterocycles. The lowest BCUT2D eigenvalue weighted by Gasteiger charge is -2.04. The van der Waals surface area contributed by atoms with Crippen LogP contribution in [0.3, 0.4) is 0 Å². The molecule has 2 heterocycles. The van der Waals surface area contributed by atoms with Crippen molar-refractivity contribution in [1.29, 1.82) is 0 Å². The Bertz CT molecular complexity index is 860. The highest BCUT2D eigenvalue weighted by Gasteiger charge is 2.15. The summed E-state index contributed by atoms with van der Waals surface area (Å²) >= 11 is 2.95. The van der Waals surface area contributed by atoms with Crippen molar-refractivity contribution >= 4 is 39.1 Å². The molecule has 112 valence electrons. The second-order valence-corrected chi connectivity index (χ2v) is 7.00. The summed E-state index contributed by atoms with van der Waals surface area (Å²) in [7, 11) is 0. The van der Waals surface area contributed by atoms with Crippen molar-refractivity contribution in [2.75, 3.05) is 5.75 Å². The third-order valence-corrected chi connectivity index (χ3v) is 5.55. The molecule has 3 aromatic rings. The van der Waals surface area contributed by atoms with Gasteiger partial charge in [-0.3, -0.25) is 4.79 Å². The molecule has 1 aromatic carbocycles. The molecule has 0 radical (unpaired) electrons. The van der Waals surface area contributed by atoms with Crippen molar-refractivity contribution < 1.29 is 9.18 Å². The molecule has 3 nitrogen and oxygen atoms in total. The normalized spacial score (nSPS) is 11.0. The van der Waals surface area contributed by atoms with Crippen LogP contribution >= 0.6 is 23.1 Å². The van der Waals surface area contributed by atoms with Gasteiger partial charge in [0.25, 0.3) is 0 Å².